The molecule has 0 fully saturated rings. The van der Waals surface area contributed by atoms with Crippen molar-refractivity contribution in [3.05, 3.63) is 47.9 Å². The molecule has 0 bridgehead atoms. The fraction of sp³-hybridized carbons (Fsp3) is 0.200. The highest BCUT2D eigenvalue weighted by Gasteiger charge is 2.15. The maximum absolute atomic E-state index is 5.65. The second kappa shape index (κ2) is 4.09. The van der Waals surface area contributed by atoms with Gasteiger partial charge in [0.2, 0.25) is 5.95 Å². The Morgan fingerprint density at radius 1 is 1.16 bits per heavy atom. The van der Waals surface area contributed by atoms with Crippen LogP contribution in [0.1, 0.15) is 25.1 Å². The monoisotopic (exact) mass is 252 g/mol. The van der Waals surface area contributed by atoms with E-state index in [1.165, 1.54) is 5.56 Å². The summed E-state index contributed by atoms with van der Waals surface area (Å²) in [6.07, 6.45) is 12.3. The van der Waals surface area contributed by atoms with Gasteiger partial charge in [-0.3, -0.25) is 0 Å². The van der Waals surface area contributed by atoms with Gasteiger partial charge in [-0.1, -0.05) is 32.1 Å². The molecular weight excluding hydrogens is 236 g/mol. The molecule has 0 amide bonds. The van der Waals surface area contributed by atoms with E-state index >= 15 is 0 Å². The molecule has 2 aromatic heterocycles. The first-order valence-electron chi connectivity index (χ1n) is 6.24. The van der Waals surface area contributed by atoms with Crippen molar-refractivity contribution in [1.82, 2.24) is 14.5 Å². The second-order valence-corrected chi connectivity index (χ2v) is 5.29. The Morgan fingerprint density at radius 3 is 2.74 bits per heavy atom. The van der Waals surface area contributed by atoms with Crippen LogP contribution in [-0.2, 0) is 0 Å². The minimum atomic E-state index is 0.0640. The Kier molecular flexibility index (Phi) is 2.52. The van der Waals surface area contributed by atoms with Gasteiger partial charge in [0.05, 0.1) is 5.69 Å². The molecule has 0 aliphatic heterocycles. The number of fused-ring (bicyclic) bond motifs is 1. The van der Waals surface area contributed by atoms with Crippen molar-refractivity contribution < 1.29 is 0 Å². The first-order chi connectivity index (χ1) is 9.05. The lowest BCUT2D eigenvalue weighted by atomic mass is 9.93. The van der Waals surface area contributed by atoms with Crippen molar-refractivity contribution >= 4 is 18.1 Å². The van der Waals surface area contributed by atoms with Gasteiger partial charge in [-0.05, 0) is 23.8 Å². The van der Waals surface area contributed by atoms with Crippen LogP contribution in [0.4, 0.5) is 5.95 Å². The average Bonchev–Trinajstić information content (AvgIpc) is 2.71. The number of rotatable bonds is 1. The van der Waals surface area contributed by atoms with Gasteiger partial charge in [-0.2, -0.15) is 4.98 Å². The predicted molar refractivity (Wildman–Crippen MR) is 77.6 cm³/mol. The summed E-state index contributed by atoms with van der Waals surface area (Å²) in [6.45, 7) is 4.36. The van der Waals surface area contributed by atoms with Crippen LogP contribution in [0.3, 0.4) is 0 Å². The third kappa shape index (κ3) is 2.17. The smallest absolute Gasteiger partial charge is 0.221 e. The fourth-order valence-electron chi connectivity index (χ4n) is 2.13. The molecule has 0 atom stereocenters. The number of anilines is 1. The number of hydrogen-bond donors (Lipinski definition) is 1. The summed E-state index contributed by atoms with van der Waals surface area (Å²) in [4.78, 5) is 8.19. The number of allylic oxidation sites excluding steroid dienone is 2. The van der Waals surface area contributed by atoms with Gasteiger partial charge in [0, 0.05) is 17.8 Å². The normalized spacial score (nSPS) is 16.1. The van der Waals surface area contributed by atoms with E-state index in [1.807, 2.05) is 16.8 Å². The Bertz CT molecular complexity index is 677. The van der Waals surface area contributed by atoms with E-state index in [9.17, 15) is 0 Å². The number of nitrogen functional groups attached to an aromatic ring is 1. The molecule has 96 valence electrons. The molecule has 0 saturated heterocycles. The van der Waals surface area contributed by atoms with E-state index in [1.54, 1.807) is 6.20 Å². The molecule has 4 nitrogen and oxygen atoms in total. The summed E-state index contributed by atoms with van der Waals surface area (Å²) in [7, 11) is 0. The zero-order valence-corrected chi connectivity index (χ0v) is 11.0. The molecule has 0 radical (unpaired) electrons. The number of nitrogens with zero attached hydrogens (tertiary/aromatic N) is 3. The molecular formula is C15H16N4. The van der Waals surface area contributed by atoms with Crippen molar-refractivity contribution in [3.63, 3.8) is 0 Å². The Morgan fingerprint density at radius 2 is 1.95 bits per heavy atom. The first-order valence-corrected chi connectivity index (χ1v) is 6.24. The lowest BCUT2D eigenvalue weighted by molar-refractivity contribution is 0.633. The van der Waals surface area contributed by atoms with Crippen molar-refractivity contribution in [2.45, 2.75) is 13.8 Å². The van der Waals surface area contributed by atoms with Crippen LogP contribution < -0.4 is 5.73 Å². The van der Waals surface area contributed by atoms with Gasteiger partial charge < -0.3 is 10.3 Å². The fourth-order valence-corrected chi connectivity index (χ4v) is 2.13. The molecule has 3 rings (SSSR count). The predicted octanol–water partition coefficient (Wildman–Crippen LogP) is 2.92. The lowest BCUT2D eigenvalue weighted by Gasteiger charge is -2.12. The highest BCUT2D eigenvalue weighted by atomic mass is 15.1. The van der Waals surface area contributed by atoms with Crippen LogP contribution in [0.2, 0.25) is 0 Å². The molecule has 2 N–H and O–H groups in total. The van der Waals surface area contributed by atoms with E-state index in [-0.39, 0.29) is 11.4 Å². The number of hydrogen-bond acceptors (Lipinski definition) is 3. The first kappa shape index (κ1) is 11.7. The largest absolute Gasteiger partial charge is 0.368 e. The minimum absolute atomic E-state index is 0.0640. The topological polar surface area (TPSA) is 56.7 Å². The van der Waals surface area contributed by atoms with Crippen LogP contribution in [0.15, 0.2) is 36.7 Å². The molecule has 2 aromatic rings. The molecule has 1 aliphatic carbocycles. The lowest BCUT2D eigenvalue weighted by Crippen LogP contribution is -2.03. The van der Waals surface area contributed by atoms with Gasteiger partial charge >= 0.3 is 0 Å². The van der Waals surface area contributed by atoms with Crippen molar-refractivity contribution in [1.29, 1.82) is 0 Å². The summed E-state index contributed by atoms with van der Waals surface area (Å²) in [5.74, 6) is 1.07. The Balaban J connectivity index is 2.13. The Hall–Kier alpha value is -2.36. The van der Waals surface area contributed by atoms with Crippen molar-refractivity contribution in [2.24, 2.45) is 5.41 Å². The van der Waals surface area contributed by atoms with Gasteiger partial charge in [0.1, 0.15) is 5.82 Å². The van der Waals surface area contributed by atoms with E-state index < -0.39 is 0 Å². The Labute approximate surface area is 112 Å². The summed E-state index contributed by atoms with van der Waals surface area (Å²) >= 11 is 0. The minimum Gasteiger partial charge on any atom is -0.368 e. The van der Waals surface area contributed by atoms with Gasteiger partial charge in [-0.15, -0.1) is 0 Å². The third-order valence-electron chi connectivity index (χ3n) is 3.23. The zero-order chi connectivity index (χ0) is 13.5. The molecule has 0 saturated carbocycles. The molecule has 0 aromatic carbocycles. The summed E-state index contributed by atoms with van der Waals surface area (Å²) in [5.41, 5.74) is 8.00. The molecule has 0 unspecified atom stereocenters. The second-order valence-electron chi connectivity index (χ2n) is 5.29. The van der Waals surface area contributed by atoms with Gasteiger partial charge in [0.15, 0.2) is 0 Å². The highest BCUT2D eigenvalue weighted by molar-refractivity contribution is 5.68. The standard InChI is InChI=1S/C15H16N4/c1-15(2)7-3-11-6-10-19(12(11)4-8-15)13-5-9-17-14(16)18-13/h3-10H,1-2H3,(H2,16,17,18). The summed E-state index contributed by atoms with van der Waals surface area (Å²) in [5, 5.41) is 0. The molecule has 19 heavy (non-hydrogen) atoms. The van der Waals surface area contributed by atoms with Crippen molar-refractivity contribution in [3.8, 4) is 5.82 Å². The van der Waals surface area contributed by atoms with Crippen LogP contribution in [0, 0.1) is 5.41 Å². The third-order valence-corrected chi connectivity index (χ3v) is 3.23. The van der Waals surface area contributed by atoms with Crippen LogP contribution >= 0.6 is 0 Å². The number of aromatic nitrogens is 3. The maximum atomic E-state index is 5.65. The maximum Gasteiger partial charge on any atom is 0.221 e. The van der Waals surface area contributed by atoms with Gasteiger partial charge in [0.25, 0.3) is 0 Å². The summed E-state index contributed by atoms with van der Waals surface area (Å²) < 4.78 is 2.02. The average molecular weight is 252 g/mol. The highest BCUT2D eigenvalue weighted by Crippen LogP contribution is 2.29. The van der Waals surface area contributed by atoms with E-state index in [2.05, 4.69) is 54.2 Å². The van der Waals surface area contributed by atoms with Crippen LogP contribution in [-0.4, -0.2) is 14.5 Å². The quantitative estimate of drug-likeness (QED) is 0.849. The summed E-state index contributed by atoms with van der Waals surface area (Å²) in [6, 6.07) is 3.93. The van der Waals surface area contributed by atoms with Crippen LogP contribution in [0.5, 0.6) is 0 Å². The number of nitrogens with two attached hydrogens (primary N) is 1. The molecule has 2 heterocycles. The molecule has 4 heteroatoms. The van der Waals surface area contributed by atoms with E-state index in [0.717, 1.165) is 11.5 Å². The van der Waals surface area contributed by atoms with E-state index in [4.69, 9.17) is 5.73 Å². The zero-order valence-electron chi connectivity index (χ0n) is 11.0. The van der Waals surface area contributed by atoms with Crippen molar-refractivity contribution in [2.75, 3.05) is 5.73 Å². The molecule has 1 aliphatic rings. The van der Waals surface area contributed by atoms with E-state index in [0.29, 0.717) is 0 Å². The molecule has 0 spiro atoms. The van der Waals surface area contributed by atoms with Gasteiger partial charge in [-0.25, -0.2) is 4.98 Å². The SMILES string of the molecule is CC1(C)C=Cc2ccn(-c3ccnc(N)n3)c2C=C1. The van der Waals surface area contributed by atoms with Crippen LogP contribution in [0.25, 0.3) is 18.0 Å².